The number of benzene rings is 1. The molecule has 0 unspecified atom stereocenters. The standard InChI is InChI=1S/C21H32ClN5O2.BrH/c1-21(2)26-19(23)25-20(24)27(21)29-13-7-6-12-28-18-11-10-16(22)14-17(18)15-8-4-3-5-9-15;/h10-11,14-15H,3-9,12-13H2,1-2H3,(H4,23,24,25,26);1H. The Bertz CT molecular complexity index is 766. The molecule has 1 aromatic carbocycles. The van der Waals surface area contributed by atoms with Crippen LogP contribution in [0.5, 0.6) is 5.75 Å². The molecule has 0 radical (unpaired) electrons. The van der Waals surface area contributed by atoms with E-state index in [1.807, 2.05) is 26.0 Å². The Morgan fingerprint density at radius 3 is 2.53 bits per heavy atom. The zero-order valence-electron chi connectivity index (χ0n) is 17.8. The number of aliphatic imine (C=N–C) groups is 2. The van der Waals surface area contributed by atoms with E-state index in [-0.39, 0.29) is 28.9 Å². The van der Waals surface area contributed by atoms with Gasteiger partial charge in [0.15, 0.2) is 5.66 Å². The fourth-order valence-corrected chi connectivity index (χ4v) is 4.12. The van der Waals surface area contributed by atoms with Crippen LogP contribution in [0.2, 0.25) is 5.02 Å². The van der Waals surface area contributed by atoms with Gasteiger partial charge in [-0.05, 0) is 69.2 Å². The molecular weight excluding hydrogens is 470 g/mol. The molecule has 0 spiro atoms. The molecule has 3 rings (SSSR count). The van der Waals surface area contributed by atoms with E-state index in [0.29, 0.717) is 19.1 Å². The molecule has 0 atom stereocenters. The van der Waals surface area contributed by atoms with E-state index in [2.05, 4.69) is 16.1 Å². The molecule has 9 heteroatoms. The number of hydrogen-bond acceptors (Lipinski definition) is 7. The molecule has 30 heavy (non-hydrogen) atoms. The van der Waals surface area contributed by atoms with Gasteiger partial charge >= 0.3 is 0 Å². The average Bonchev–Trinajstić information content (AvgIpc) is 2.67. The molecule has 7 nitrogen and oxygen atoms in total. The maximum absolute atomic E-state index is 6.24. The predicted octanol–water partition coefficient (Wildman–Crippen LogP) is 4.74. The van der Waals surface area contributed by atoms with E-state index in [4.69, 9.17) is 32.6 Å². The van der Waals surface area contributed by atoms with Crippen molar-refractivity contribution < 1.29 is 9.57 Å². The van der Waals surface area contributed by atoms with E-state index >= 15 is 0 Å². The Balaban J connectivity index is 0.00000320. The van der Waals surface area contributed by atoms with E-state index in [9.17, 15) is 0 Å². The molecule has 1 aliphatic carbocycles. The Morgan fingerprint density at radius 1 is 1.13 bits per heavy atom. The second-order valence-corrected chi connectivity index (χ2v) is 8.57. The maximum atomic E-state index is 6.24. The van der Waals surface area contributed by atoms with Crippen molar-refractivity contribution in [3.63, 3.8) is 0 Å². The highest BCUT2D eigenvalue weighted by atomic mass is 79.9. The SMILES string of the molecule is Br.CC1(C)N=C(N)N=C(N)N1OCCCCOc1ccc(Cl)cc1C1CCCCC1. The number of rotatable bonds is 8. The van der Waals surface area contributed by atoms with Gasteiger partial charge in [0, 0.05) is 5.02 Å². The Morgan fingerprint density at radius 2 is 1.83 bits per heavy atom. The fourth-order valence-electron chi connectivity index (χ4n) is 3.94. The second-order valence-electron chi connectivity index (χ2n) is 8.13. The van der Waals surface area contributed by atoms with Crippen molar-refractivity contribution in [1.82, 2.24) is 5.06 Å². The van der Waals surface area contributed by atoms with Gasteiger partial charge in [0.1, 0.15) is 5.75 Å². The topological polar surface area (TPSA) is 98.5 Å². The van der Waals surface area contributed by atoms with Gasteiger partial charge in [0.2, 0.25) is 11.9 Å². The average molecular weight is 503 g/mol. The molecule has 4 N–H and O–H groups in total. The van der Waals surface area contributed by atoms with Crippen molar-refractivity contribution in [3.05, 3.63) is 28.8 Å². The molecule has 1 saturated carbocycles. The zero-order valence-corrected chi connectivity index (χ0v) is 20.2. The molecule has 0 saturated heterocycles. The van der Waals surface area contributed by atoms with Gasteiger partial charge in [0.25, 0.3) is 0 Å². The summed E-state index contributed by atoms with van der Waals surface area (Å²) >= 11 is 6.24. The predicted molar refractivity (Wildman–Crippen MR) is 127 cm³/mol. The molecule has 0 aromatic heterocycles. The van der Waals surface area contributed by atoms with Crippen LogP contribution in [0.1, 0.15) is 70.3 Å². The number of hydrogen-bond donors (Lipinski definition) is 2. The van der Waals surface area contributed by atoms with Gasteiger partial charge in [-0.2, -0.15) is 10.1 Å². The molecule has 2 aliphatic rings. The third-order valence-electron chi connectivity index (χ3n) is 5.36. The fraction of sp³-hybridized carbons (Fsp3) is 0.619. The highest BCUT2D eigenvalue weighted by Gasteiger charge is 2.32. The van der Waals surface area contributed by atoms with Crippen molar-refractivity contribution in [3.8, 4) is 5.75 Å². The van der Waals surface area contributed by atoms with Crippen molar-refractivity contribution in [1.29, 1.82) is 0 Å². The number of halogens is 2. The van der Waals surface area contributed by atoms with Crippen LogP contribution in [0.3, 0.4) is 0 Å². The number of nitrogens with two attached hydrogens (primary N) is 2. The normalized spacial score (nSPS) is 19.0. The molecule has 1 heterocycles. The van der Waals surface area contributed by atoms with Gasteiger partial charge in [-0.3, -0.25) is 4.84 Å². The van der Waals surface area contributed by atoms with Crippen LogP contribution in [-0.4, -0.2) is 35.9 Å². The van der Waals surface area contributed by atoms with Crippen LogP contribution in [0, 0.1) is 0 Å². The Kier molecular flexibility index (Phi) is 9.25. The molecule has 1 aromatic rings. The summed E-state index contributed by atoms with van der Waals surface area (Å²) in [7, 11) is 0. The van der Waals surface area contributed by atoms with Gasteiger partial charge in [-0.25, -0.2) is 4.99 Å². The molecule has 0 amide bonds. The molecule has 0 bridgehead atoms. The Labute approximate surface area is 194 Å². The number of hydroxylamine groups is 2. The monoisotopic (exact) mass is 501 g/mol. The molecule has 1 fully saturated rings. The quantitative estimate of drug-likeness (QED) is 0.500. The Hall–Kier alpha value is -1.51. The summed E-state index contributed by atoms with van der Waals surface area (Å²) in [5, 5.41) is 2.28. The first-order valence-corrected chi connectivity index (χ1v) is 10.8. The van der Waals surface area contributed by atoms with Crippen molar-refractivity contribution in [2.75, 3.05) is 13.2 Å². The minimum atomic E-state index is -0.676. The largest absolute Gasteiger partial charge is 0.493 e. The minimum Gasteiger partial charge on any atom is -0.493 e. The number of guanidine groups is 2. The first-order valence-electron chi connectivity index (χ1n) is 10.4. The maximum Gasteiger partial charge on any atom is 0.226 e. The summed E-state index contributed by atoms with van der Waals surface area (Å²) in [5.41, 5.74) is 12.2. The lowest BCUT2D eigenvalue weighted by Gasteiger charge is -2.36. The van der Waals surface area contributed by atoms with E-state index in [0.717, 1.165) is 23.6 Å². The summed E-state index contributed by atoms with van der Waals surface area (Å²) in [6.07, 6.45) is 8.01. The summed E-state index contributed by atoms with van der Waals surface area (Å²) in [5.74, 6) is 1.90. The van der Waals surface area contributed by atoms with Crippen LogP contribution in [0.4, 0.5) is 0 Å². The summed E-state index contributed by atoms with van der Waals surface area (Å²) in [6.45, 7) is 4.87. The summed E-state index contributed by atoms with van der Waals surface area (Å²) < 4.78 is 6.10. The van der Waals surface area contributed by atoms with Crippen LogP contribution < -0.4 is 16.2 Å². The van der Waals surface area contributed by atoms with Gasteiger partial charge < -0.3 is 16.2 Å². The third-order valence-corrected chi connectivity index (χ3v) is 5.59. The van der Waals surface area contributed by atoms with E-state index < -0.39 is 5.66 Å². The summed E-state index contributed by atoms with van der Waals surface area (Å²) in [4.78, 5) is 14.0. The minimum absolute atomic E-state index is 0. The van der Waals surface area contributed by atoms with E-state index in [1.165, 1.54) is 42.7 Å². The molecular formula is C21H33BrClN5O2. The number of nitrogens with zero attached hydrogens (tertiary/aromatic N) is 3. The number of unbranched alkanes of at least 4 members (excludes halogenated alkanes) is 1. The van der Waals surface area contributed by atoms with Gasteiger partial charge in [-0.1, -0.05) is 30.9 Å². The van der Waals surface area contributed by atoms with Crippen LogP contribution >= 0.6 is 28.6 Å². The first-order chi connectivity index (χ1) is 13.9. The van der Waals surface area contributed by atoms with Crippen LogP contribution in [-0.2, 0) is 4.84 Å². The lowest BCUT2D eigenvalue weighted by atomic mass is 9.84. The van der Waals surface area contributed by atoms with Crippen molar-refractivity contribution in [2.24, 2.45) is 21.5 Å². The van der Waals surface area contributed by atoms with Crippen molar-refractivity contribution in [2.45, 2.75) is 70.4 Å². The van der Waals surface area contributed by atoms with Gasteiger partial charge in [0.05, 0.1) is 13.2 Å². The third kappa shape index (κ3) is 6.49. The smallest absolute Gasteiger partial charge is 0.226 e. The molecule has 168 valence electrons. The molecule has 1 aliphatic heterocycles. The van der Waals surface area contributed by atoms with Crippen molar-refractivity contribution >= 4 is 40.5 Å². The highest BCUT2D eigenvalue weighted by molar-refractivity contribution is 8.93. The highest BCUT2D eigenvalue weighted by Crippen LogP contribution is 2.38. The lowest BCUT2D eigenvalue weighted by molar-refractivity contribution is -0.157. The lowest BCUT2D eigenvalue weighted by Crippen LogP contribution is -2.53. The van der Waals surface area contributed by atoms with Gasteiger partial charge in [-0.15, -0.1) is 17.0 Å². The second kappa shape index (κ2) is 11.2. The summed E-state index contributed by atoms with van der Waals surface area (Å²) in [6, 6.07) is 5.97. The van der Waals surface area contributed by atoms with Crippen LogP contribution in [0.15, 0.2) is 28.2 Å². The first kappa shape index (κ1) is 24.8. The zero-order chi connectivity index (χ0) is 20.9. The van der Waals surface area contributed by atoms with Crippen LogP contribution in [0.25, 0.3) is 0 Å². The number of ether oxygens (including phenoxy) is 1. The van der Waals surface area contributed by atoms with E-state index in [1.54, 1.807) is 0 Å².